The predicted octanol–water partition coefficient (Wildman–Crippen LogP) is 2.58. The Balaban J connectivity index is 3.23. The molecule has 2 unspecified atom stereocenters. The molecule has 0 saturated carbocycles. The molecule has 0 amide bonds. The zero-order chi connectivity index (χ0) is 13.8. The summed E-state index contributed by atoms with van der Waals surface area (Å²) in [5, 5.41) is 3.18. The van der Waals surface area contributed by atoms with E-state index in [1.807, 2.05) is 26.1 Å². The minimum absolute atomic E-state index is 0.165. The molecule has 3 nitrogen and oxygen atoms in total. The van der Waals surface area contributed by atoms with Crippen molar-refractivity contribution in [1.82, 2.24) is 5.32 Å². The number of sulfone groups is 1. The van der Waals surface area contributed by atoms with Crippen molar-refractivity contribution >= 4 is 9.84 Å². The summed E-state index contributed by atoms with van der Waals surface area (Å²) in [6.45, 7) is 6.01. The lowest BCUT2D eigenvalue weighted by Gasteiger charge is -2.22. The van der Waals surface area contributed by atoms with Crippen molar-refractivity contribution in [3.63, 3.8) is 0 Å². The zero-order valence-corrected chi connectivity index (χ0v) is 12.4. The second-order valence-corrected chi connectivity index (χ2v) is 6.80. The molecule has 0 aliphatic heterocycles. The maximum Gasteiger partial charge on any atom is 0.178 e. The molecule has 0 spiro atoms. The van der Waals surface area contributed by atoms with Crippen molar-refractivity contribution in [2.45, 2.75) is 44.0 Å². The van der Waals surface area contributed by atoms with Crippen molar-refractivity contribution in [2.24, 2.45) is 0 Å². The van der Waals surface area contributed by atoms with Gasteiger partial charge < -0.3 is 5.32 Å². The van der Waals surface area contributed by atoms with E-state index in [1.54, 1.807) is 12.1 Å². The molecule has 1 aromatic rings. The van der Waals surface area contributed by atoms with Gasteiger partial charge in [0.25, 0.3) is 0 Å². The first-order valence-electron chi connectivity index (χ1n) is 6.43. The van der Waals surface area contributed by atoms with Gasteiger partial charge in [-0.1, -0.05) is 32.0 Å². The Morgan fingerprint density at radius 3 is 2.39 bits per heavy atom. The van der Waals surface area contributed by atoms with Crippen LogP contribution in [0, 0.1) is 0 Å². The summed E-state index contributed by atoms with van der Waals surface area (Å²) in [6, 6.07) is 7.57. The standard InChI is InChI=1S/C14H23NO2S/c1-5-10-18(16,17)14-9-7-6-8-13(14)11(2)12(3)15-4/h6-9,11-12,15H,5,10H2,1-4H3. The molecule has 0 aliphatic rings. The number of hydrogen-bond donors (Lipinski definition) is 1. The van der Waals surface area contributed by atoms with Gasteiger partial charge in [-0.15, -0.1) is 0 Å². The summed E-state index contributed by atoms with van der Waals surface area (Å²) in [6.07, 6.45) is 0.645. The first kappa shape index (κ1) is 15.2. The van der Waals surface area contributed by atoms with E-state index in [0.29, 0.717) is 11.3 Å². The summed E-state index contributed by atoms with van der Waals surface area (Å²) < 4.78 is 24.5. The Kier molecular flexibility index (Phi) is 5.35. The van der Waals surface area contributed by atoms with Gasteiger partial charge in [0.15, 0.2) is 9.84 Å². The fourth-order valence-electron chi connectivity index (χ4n) is 2.04. The minimum Gasteiger partial charge on any atom is -0.317 e. The van der Waals surface area contributed by atoms with Crippen LogP contribution in [0.3, 0.4) is 0 Å². The Labute approximate surface area is 111 Å². The first-order chi connectivity index (χ1) is 8.44. The normalized spacial score (nSPS) is 15.3. The van der Waals surface area contributed by atoms with Crippen LogP contribution in [0.4, 0.5) is 0 Å². The molecule has 18 heavy (non-hydrogen) atoms. The number of likely N-dealkylation sites (N-methyl/N-ethyl adjacent to an activating group) is 1. The summed E-state index contributed by atoms with van der Waals surface area (Å²) in [7, 11) is -1.26. The molecule has 0 heterocycles. The topological polar surface area (TPSA) is 46.2 Å². The predicted molar refractivity (Wildman–Crippen MR) is 75.7 cm³/mol. The van der Waals surface area contributed by atoms with Crippen molar-refractivity contribution in [3.8, 4) is 0 Å². The van der Waals surface area contributed by atoms with Crippen LogP contribution in [0.5, 0.6) is 0 Å². The second-order valence-electron chi connectivity index (χ2n) is 4.72. The molecule has 2 atom stereocenters. The molecule has 0 fully saturated rings. The Morgan fingerprint density at radius 1 is 1.22 bits per heavy atom. The Hall–Kier alpha value is -0.870. The molecule has 0 saturated heterocycles. The van der Waals surface area contributed by atoms with Crippen LogP contribution < -0.4 is 5.32 Å². The molecule has 0 bridgehead atoms. The lowest BCUT2D eigenvalue weighted by Crippen LogP contribution is -2.28. The molecular weight excluding hydrogens is 246 g/mol. The van der Waals surface area contributed by atoms with Crippen LogP contribution in [0.2, 0.25) is 0 Å². The van der Waals surface area contributed by atoms with E-state index >= 15 is 0 Å². The number of rotatable bonds is 6. The van der Waals surface area contributed by atoms with Crippen LogP contribution in [-0.4, -0.2) is 27.3 Å². The maximum atomic E-state index is 12.2. The van der Waals surface area contributed by atoms with Crippen LogP contribution >= 0.6 is 0 Å². The van der Waals surface area contributed by atoms with Gasteiger partial charge >= 0.3 is 0 Å². The molecule has 102 valence electrons. The SMILES string of the molecule is CCCS(=O)(=O)c1ccccc1C(C)C(C)NC. The average Bonchev–Trinajstić information content (AvgIpc) is 2.37. The van der Waals surface area contributed by atoms with E-state index in [0.717, 1.165) is 5.56 Å². The van der Waals surface area contributed by atoms with Gasteiger partial charge in [-0.2, -0.15) is 0 Å². The van der Waals surface area contributed by atoms with E-state index in [-0.39, 0.29) is 17.7 Å². The van der Waals surface area contributed by atoms with Crippen molar-refractivity contribution in [2.75, 3.05) is 12.8 Å². The molecule has 1 aromatic carbocycles. The van der Waals surface area contributed by atoms with Gasteiger partial charge in [0.05, 0.1) is 10.6 Å². The quantitative estimate of drug-likeness (QED) is 0.863. The summed E-state index contributed by atoms with van der Waals surface area (Å²) in [4.78, 5) is 0.487. The van der Waals surface area contributed by atoms with Crippen LogP contribution in [0.15, 0.2) is 29.2 Å². The van der Waals surface area contributed by atoms with Gasteiger partial charge in [-0.3, -0.25) is 0 Å². The van der Waals surface area contributed by atoms with Crippen LogP contribution in [-0.2, 0) is 9.84 Å². The molecule has 1 N–H and O–H groups in total. The number of nitrogens with one attached hydrogen (secondary N) is 1. The fourth-order valence-corrected chi connectivity index (χ4v) is 3.69. The Bertz CT molecular complexity index is 482. The van der Waals surface area contributed by atoms with E-state index in [2.05, 4.69) is 19.2 Å². The molecule has 0 aromatic heterocycles. The third-order valence-corrected chi connectivity index (χ3v) is 5.41. The van der Waals surface area contributed by atoms with Gasteiger partial charge in [0.2, 0.25) is 0 Å². The number of benzene rings is 1. The monoisotopic (exact) mass is 269 g/mol. The molecular formula is C14H23NO2S. The highest BCUT2D eigenvalue weighted by atomic mass is 32.2. The van der Waals surface area contributed by atoms with Gasteiger partial charge in [-0.25, -0.2) is 8.42 Å². The third-order valence-electron chi connectivity index (χ3n) is 3.42. The van der Waals surface area contributed by atoms with Gasteiger partial charge in [-0.05, 0) is 37.9 Å². The van der Waals surface area contributed by atoms with Crippen molar-refractivity contribution < 1.29 is 8.42 Å². The second kappa shape index (κ2) is 6.34. The number of hydrogen-bond acceptors (Lipinski definition) is 3. The molecule has 4 heteroatoms. The molecule has 0 radical (unpaired) electrons. The largest absolute Gasteiger partial charge is 0.317 e. The molecule has 1 rings (SSSR count). The lowest BCUT2D eigenvalue weighted by molar-refractivity contribution is 0.516. The first-order valence-corrected chi connectivity index (χ1v) is 8.08. The lowest BCUT2D eigenvalue weighted by atomic mass is 9.94. The highest BCUT2D eigenvalue weighted by Crippen LogP contribution is 2.27. The minimum atomic E-state index is -3.16. The van der Waals surface area contributed by atoms with Crippen molar-refractivity contribution in [3.05, 3.63) is 29.8 Å². The van der Waals surface area contributed by atoms with E-state index in [1.165, 1.54) is 0 Å². The summed E-state index contributed by atoms with van der Waals surface area (Å²) >= 11 is 0. The summed E-state index contributed by atoms with van der Waals surface area (Å²) in [5.74, 6) is 0.378. The fraction of sp³-hybridized carbons (Fsp3) is 0.571. The van der Waals surface area contributed by atoms with E-state index < -0.39 is 9.84 Å². The van der Waals surface area contributed by atoms with Crippen LogP contribution in [0.25, 0.3) is 0 Å². The zero-order valence-electron chi connectivity index (χ0n) is 11.6. The summed E-state index contributed by atoms with van der Waals surface area (Å²) in [5.41, 5.74) is 0.910. The van der Waals surface area contributed by atoms with Crippen molar-refractivity contribution in [1.29, 1.82) is 0 Å². The van der Waals surface area contributed by atoms with Gasteiger partial charge in [0, 0.05) is 6.04 Å². The highest BCUT2D eigenvalue weighted by molar-refractivity contribution is 7.91. The third kappa shape index (κ3) is 3.33. The molecule has 0 aliphatic carbocycles. The average molecular weight is 269 g/mol. The van der Waals surface area contributed by atoms with Crippen LogP contribution in [0.1, 0.15) is 38.7 Å². The highest BCUT2D eigenvalue weighted by Gasteiger charge is 2.22. The maximum absolute atomic E-state index is 12.2. The van der Waals surface area contributed by atoms with E-state index in [4.69, 9.17) is 0 Å². The van der Waals surface area contributed by atoms with E-state index in [9.17, 15) is 8.42 Å². The smallest absolute Gasteiger partial charge is 0.178 e. The Morgan fingerprint density at radius 2 is 1.83 bits per heavy atom. The van der Waals surface area contributed by atoms with Gasteiger partial charge in [0.1, 0.15) is 0 Å².